The van der Waals surface area contributed by atoms with Crippen molar-refractivity contribution in [3.63, 3.8) is 0 Å². The summed E-state index contributed by atoms with van der Waals surface area (Å²) in [5.41, 5.74) is -0.0676. The zero-order valence-electron chi connectivity index (χ0n) is 9.91. The second-order valence-corrected chi connectivity index (χ2v) is 6.14. The number of nitrogens with one attached hydrogen (secondary N) is 1. The van der Waals surface area contributed by atoms with Crippen molar-refractivity contribution in [1.82, 2.24) is 5.32 Å². The molecule has 2 nitrogen and oxygen atoms in total. The van der Waals surface area contributed by atoms with E-state index in [1.807, 2.05) is 13.0 Å². The third-order valence-corrected chi connectivity index (χ3v) is 4.19. The predicted molar refractivity (Wildman–Crippen MR) is 76.6 cm³/mol. The number of hydrogen-bond acceptors (Lipinski definition) is 2. The summed E-state index contributed by atoms with van der Waals surface area (Å²) in [6.07, 6.45) is 0. The summed E-state index contributed by atoms with van der Waals surface area (Å²) in [5.74, 6) is -1.10. The lowest BCUT2D eigenvalue weighted by Gasteiger charge is -2.12. The quantitative estimate of drug-likeness (QED) is 0.874. The fourth-order valence-corrected chi connectivity index (χ4v) is 2.81. The van der Waals surface area contributed by atoms with Gasteiger partial charge in [-0.05, 0) is 37.3 Å². The Morgan fingerprint density at radius 3 is 2.68 bits per heavy atom. The third kappa shape index (κ3) is 3.47. The van der Waals surface area contributed by atoms with Crippen LogP contribution in [0, 0.1) is 5.82 Å². The van der Waals surface area contributed by atoms with Crippen molar-refractivity contribution in [3.8, 4) is 0 Å². The molecule has 2 rings (SSSR count). The van der Waals surface area contributed by atoms with Crippen LogP contribution in [0.3, 0.4) is 0 Å². The summed E-state index contributed by atoms with van der Waals surface area (Å²) < 4.78 is 14.2. The molecule has 1 atom stereocenters. The SMILES string of the molecule is C[C@H](NC(=O)c1cc(Cl)ccc1F)c1ccc(Cl)s1. The molecule has 1 amide bonds. The standard InChI is InChI=1S/C13H10Cl2FNOS/c1-7(11-4-5-12(15)19-11)17-13(18)9-6-8(14)2-3-10(9)16/h2-7H,1H3,(H,17,18)/t7-/m0/s1. The Morgan fingerprint density at radius 1 is 1.32 bits per heavy atom. The molecule has 19 heavy (non-hydrogen) atoms. The highest BCUT2D eigenvalue weighted by Gasteiger charge is 2.16. The highest BCUT2D eigenvalue weighted by molar-refractivity contribution is 7.16. The molecule has 1 heterocycles. The molecule has 0 fully saturated rings. The molecule has 0 spiro atoms. The largest absolute Gasteiger partial charge is 0.345 e. The topological polar surface area (TPSA) is 29.1 Å². The summed E-state index contributed by atoms with van der Waals surface area (Å²) in [5, 5.41) is 3.03. The van der Waals surface area contributed by atoms with Crippen LogP contribution in [0.1, 0.15) is 28.2 Å². The van der Waals surface area contributed by atoms with E-state index in [0.717, 1.165) is 4.88 Å². The van der Waals surface area contributed by atoms with Crippen LogP contribution in [-0.2, 0) is 0 Å². The van der Waals surface area contributed by atoms with E-state index in [1.54, 1.807) is 6.07 Å². The number of carbonyl (C=O) groups is 1. The second-order valence-electron chi connectivity index (χ2n) is 3.96. The number of carbonyl (C=O) groups excluding carboxylic acids is 1. The van der Waals surface area contributed by atoms with Crippen LogP contribution in [0.25, 0.3) is 0 Å². The van der Waals surface area contributed by atoms with Gasteiger partial charge in [-0.25, -0.2) is 4.39 Å². The highest BCUT2D eigenvalue weighted by Crippen LogP contribution is 2.27. The molecule has 0 radical (unpaired) electrons. The monoisotopic (exact) mass is 317 g/mol. The minimum Gasteiger partial charge on any atom is -0.345 e. The van der Waals surface area contributed by atoms with E-state index in [4.69, 9.17) is 23.2 Å². The molecule has 0 aliphatic rings. The van der Waals surface area contributed by atoms with Gasteiger partial charge in [0.15, 0.2) is 0 Å². The number of hydrogen-bond donors (Lipinski definition) is 1. The molecule has 0 saturated heterocycles. The van der Waals surface area contributed by atoms with Crippen molar-refractivity contribution in [2.45, 2.75) is 13.0 Å². The van der Waals surface area contributed by atoms with Crippen LogP contribution in [-0.4, -0.2) is 5.91 Å². The Balaban J connectivity index is 2.15. The smallest absolute Gasteiger partial charge is 0.254 e. The number of benzene rings is 1. The minimum absolute atomic E-state index is 0.0676. The van der Waals surface area contributed by atoms with E-state index < -0.39 is 11.7 Å². The van der Waals surface area contributed by atoms with Crippen molar-refractivity contribution in [2.75, 3.05) is 0 Å². The second kappa shape index (κ2) is 5.90. The first-order valence-electron chi connectivity index (χ1n) is 5.48. The zero-order chi connectivity index (χ0) is 14.0. The molecule has 100 valence electrons. The van der Waals surface area contributed by atoms with E-state index in [1.165, 1.54) is 29.5 Å². The normalized spacial score (nSPS) is 12.2. The lowest BCUT2D eigenvalue weighted by molar-refractivity contribution is 0.0936. The average Bonchev–Trinajstić information content (AvgIpc) is 2.79. The minimum atomic E-state index is -0.599. The summed E-state index contributed by atoms with van der Waals surface area (Å²) in [4.78, 5) is 12.9. The van der Waals surface area contributed by atoms with Crippen LogP contribution in [0.5, 0.6) is 0 Å². The molecule has 1 N–H and O–H groups in total. The van der Waals surface area contributed by atoms with Gasteiger partial charge in [0.2, 0.25) is 0 Å². The van der Waals surface area contributed by atoms with Crippen molar-refractivity contribution < 1.29 is 9.18 Å². The van der Waals surface area contributed by atoms with E-state index in [2.05, 4.69) is 5.32 Å². The molecular formula is C13H10Cl2FNOS. The fraction of sp³-hybridized carbons (Fsp3) is 0.154. The van der Waals surface area contributed by atoms with Crippen molar-refractivity contribution in [3.05, 3.63) is 55.9 Å². The lowest BCUT2D eigenvalue weighted by atomic mass is 10.2. The molecule has 6 heteroatoms. The van der Waals surface area contributed by atoms with Gasteiger partial charge in [-0.1, -0.05) is 23.2 Å². The average molecular weight is 318 g/mol. The van der Waals surface area contributed by atoms with Gasteiger partial charge in [0.1, 0.15) is 5.82 Å². The maximum absolute atomic E-state index is 13.5. The summed E-state index contributed by atoms with van der Waals surface area (Å²) >= 11 is 13.0. The fourth-order valence-electron chi connectivity index (χ4n) is 1.58. The number of rotatable bonds is 3. The van der Waals surface area contributed by atoms with Gasteiger partial charge >= 0.3 is 0 Å². The molecule has 0 aliphatic carbocycles. The molecule has 0 bridgehead atoms. The first-order chi connectivity index (χ1) is 8.97. The van der Waals surface area contributed by atoms with Gasteiger partial charge in [-0.3, -0.25) is 4.79 Å². The summed E-state index contributed by atoms with van der Waals surface area (Å²) in [7, 11) is 0. The number of thiophene rings is 1. The maximum Gasteiger partial charge on any atom is 0.254 e. The molecule has 0 saturated carbocycles. The van der Waals surface area contributed by atoms with Gasteiger partial charge in [0.25, 0.3) is 5.91 Å². The summed E-state index contributed by atoms with van der Waals surface area (Å²) in [6, 6.07) is 7.21. The van der Waals surface area contributed by atoms with Gasteiger partial charge < -0.3 is 5.32 Å². The van der Waals surface area contributed by atoms with Crippen LogP contribution >= 0.6 is 34.5 Å². The van der Waals surface area contributed by atoms with E-state index in [0.29, 0.717) is 9.36 Å². The van der Waals surface area contributed by atoms with Crippen molar-refractivity contribution >= 4 is 40.4 Å². The van der Waals surface area contributed by atoms with Crippen LogP contribution < -0.4 is 5.32 Å². The van der Waals surface area contributed by atoms with Crippen LogP contribution in [0.2, 0.25) is 9.36 Å². The Labute approximate surface area is 124 Å². The van der Waals surface area contributed by atoms with E-state index in [9.17, 15) is 9.18 Å². The Morgan fingerprint density at radius 2 is 2.05 bits per heavy atom. The zero-order valence-corrected chi connectivity index (χ0v) is 12.2. The molecule has 1 aromatic carbocycles. The molecule has 2 aromatic rings. The third-order valence-electron chi connectivity index (χ3n) is 2.54. The molecule has 0 aliphatic heterocycles. The molecule has 1 aromatic heterocycles. The van der Waals surface area contributed by atoms with Gasteiger partial charge in [-0.2, -0.15) is 0 Å². The Hall–Kier alpha value is -1.10. The Bertz CT molecular complexity index is 614. The van der Waals surface area contributed by atoms with E-state index >= 15 is 0 Å². The number of amides is 1. The Kier molecular flexibility index (Phi) is 4.45. The van der Waals surface area contributed by atoms with Crippen LogP contribution in [0.4, 0.5) is 4.39 Å². The first kappa shape index (κ1) is 14.3. The lowest BCUT2D eigenvalue weighted by Crippen LogP contribution is -2.26. The van der Waals surface area contributed by atoms with Gasteiger partial charge in [0, 0.05) is 9.90 Å². The van der Waals surface area contributed by atoms with Gasteiger partial charge in [-0.15, -0.1) is 11.3 Å². The van der Waals surface area contributed by atoms with Crippen molar-refractivity contribution in [1.29, 1.82) is 0 Å². The van der Waals surface area contributed by atoms with Gasteiger partial charge in [0.05, 0.1) is 15.9 Å². The molecular weight excluding hydrogens is 308 g/mol. The first-order valence-corrected chi connectivity index (χ1v) is 7.06. The molecule has 0 unspecified atom stereocenters. The van der Waals surface area contributed by atoms with Crippen molar-refractivity contribution in [2.24, 2.45) is 0 Å². The summed E-state index contributed by atoms with van der Waals surface area (Å²) in [6.45, 7) is 1.81. The maximum atomic E-state index is 13.5. The van der Waals surface area contributed by atoms with Crippen LogP contribution in [0.15, 0.2) is 30.3 Å². The number of halogens is 3. The predicted octanol–water partition coefficient (Wildman–Crippen LogP) is 4.69. The highest BCUT2D eigenvalue weighted by atomic mass is 35.5. The van der Waals surface area contributed by atoms with E-state index in [-0.39, 0.29) is 11.6 Å².